The van der Waals surface area contributed by atoms with Gasteiger partial charge in [0.05, 0.1) is 17.4 Å². The molecule has 1 saturated carbocycles. The fraction of sp³-hybridized carbons (Fsp3) is 0.520. The Morgan fingerprint density at radius 3 is 2.50 bits per heavy atom. The number of rotatable bonds is 3. The van der Waals surface area contributed by atoms with E-state index in [1.165, 1.54) is 19.3 Å². The lowest BCUT2D eigenvalue weighted by Gasteiger charge is -2.45. The molecule has 3 aromatic rings. The summed E-state index contributed by atoms with van der Waals surface area (Å²) in [7, 11) is 4.07. The number of carbonyl (C=O) groups excluding carboxylic acids is 1. The fourth-order valence-corrected chi connectivity index (χ4v) is 5.88. The van der Waals surface area contributed by atoms with Gasteiger partial charge < -0.3 is 24.6 Å². The first kappa shape index (κ1) is 21.3. The first-order valence-electron chi connectivity index (χ1n) is 12.3. The molecular weight excluding hydrogens is 428 g/mol. The molecule has 1 saturated heterocycles. The summed E-state index contributed by atoms with van der Waals surface area (Å²) >= 11 is 0. The van der Waals surface area contributed by atoms with E-state index in [-0.39, 0.29) is 11.4 Å². The number of nitrogens with zero attached hydrogens (tertiary/aromatic N) is 7. The molecule has 1 amide bonds. The van der Waals surface area contributed by atoms with Crippen molar-refractivity contribution in [2.45, 2.75) is 37.6 Å². The maximum Gasteiger partial charge on any atom is 0.270 e. The first-order valence-corrected chi connectivity index (χ1v) is 12.3. The summed E-state index contributed by atoms with van der Waals surface area (Å²) in [5.41, 5.74) is 2.63. The number of piperazine rings is 1. The molecule has 1 spiro atoms. The summed E-state index contributed by atoms with van der Waals surface area (Å²) in [6.45, 7) is 4.90. The van der Waals surface area contributed by atoms with E-state index in [4.69, 9.17) is 4.98 Å². The standard InChI is InChI=1S/C25H32N8O/c1-30-10-12-32(13-11-30)19-6-7-21(26-16-19)28-24-27-15-18-14-20-23(34)31(2)17-25(8-4-3-5-9-25)33(20)22(18)29-24/h6-7,14-16H,3-5,8-13,17H2,1-2H3,(H,26,27,28,29). The van der Waals surface area contributed by atoms with Gasteiger partial charge in [-0.2, -0.15) is 4.98 Å². The van der Waals surface area contributed by atoms with Gasteiger partial charge in [-0.05, 0) is 38.1 Å². The molecule has 2 aliphatic heterocycles. The van der Waals surface area contributed by atoms with Crippen LogP contribution in [0.1, 0.15) is 42.6 Å². The lowest BCUT2D eigenvalue weighted by Crippen LogP contribution is -2.53. The molecule has 178 valence electrons. The van der Waals surface area contributed by atoms with E-state index in [9.17, 15) is 4.79 Å². The molecule has 0 atom stereocenters. The fourth-order valence-electron chi connectivity index (χ4n) is 5.88. The van der Waals surface area contributed by atoms with Crippen molar-refractivity contribution in [1.29, 1.82) is 0 Å². The Balaban J connectivity index is 1.30. The van der Waals surface area contributed by atoms with Crippen LogP contribution >= 0.6 is 0 Å². The SMILES string of the molecule is CN1CCN(c2ccc(Nc3ncc4cc5n(c4n3)C3(CCCCC3)CN(C)C5=O)nc2)CC1. The Morgan fingerprint density at radius 1 is 0.971 bits per heavy atom. The minimum absolute atomic E-state index is 0.0601. The second-order valence-electron chi connectivity index (χ2n) is 10.1. The van der Waals surface area contributed by atoms with Crippen molar-refractivity contribution < 1.29 is 4.79 Å². The number of hydrogen-bond acceptors (Lipinski definition) is 7. The van der Waals surface area contributed by atoms with Gasteiger partial charge in [0.2, 0.25) is 5.95 Å². The predicted molar refractivity (Wildman–Crippen MR) is 133 cm³/mol. The largest absolute Gasteiger partial charge is 0.368 e. The number of likely N-dealkylation sites (N-methyl/N-ethyl adjacent to an activating group) is 2. The average Bonchev–Trinajstić information content (AvgIpc) is 3.24. The zero-order valence-electron chi connectivity index (χ0n) is 20.0. The minimum atomic E-state index is -0.0774. The number of fused-ring (bicyclic) bond motifs is 4. The van der Waals surface area contributed by atoms with E-state index in [2.05, 4.69) is 42.8 Å². The summed E-state index contributed by atoms with van der Waals surface area (Å²) in [4.78, 5) is 33.6. The van der Waals surface area contributed by atoms with Gasteiger partial charge in [-0.3, -0.25) is 4.79 Å². The Morgan fingerprint density at radius 2 is 1.76 bits per heavy atom. The highest BCUT2D eigenvalue weighted by Crippen LogP contribution is 2.42. The minimum Gasteiger partial charge on any atom is -0.368 e. The summed E-state index contributed by atoms with van der Waals surface area (Å²) in [6.07, 6.45) is 9.50. The second kappa shape index (κ2) is 8.23. The maximum atomic E-state index is 13.0. The van der Waals surface area contributed by atoms with Crippen LogP contribution in [0.2, 0.25) is 0 Å². The van der Waals surface area contributed by atoms with E-state index in [0.29, 0.717) is 11.8 Å². The highest BCUT2D eigenvalue weighted by molar-refractivity contribution is 5.99. The summed E-state index contributed by atoms with van der Waals surface area (Å²) in [5, 5.41) is 4.18. The quantitative estimate of drug-likeness (QED) is 0.643. The van der Waals surface area contributed by atoms with Gasteiger partial charge in [0.15, 0.2) is 0 Å². The van der Waals surface area contributed by atoms with Crippen LogP contribution in [0.15, 0.2) is 30.6 Å². The van der Waals surface area contributed by atoms with Crippen molar-refractivity contribution in [2.24, 2.45) is 0 Å². The molecule has 3 aromatic heterocycles. The second-order valence-corrected chi connectivity index (χ2v) is 10.1. The van der Waals surface area contributed by atoms with E-state index in [1.807, 2.05) is 36.5 Å². The number of aromatic nitrogens is 4. The zero-order valence-corrected chi connectivity index (χ0v) is 20.0. The molecule has 9 heteroatoms. The third-order valence-corrected chi connectivity index (χ3v) is 7.75. The highest BCUT2D eigenvalue weighted by Gasteiger charge is 2.43. The van der Waals surface area contributed by atoms with Crippen LogP contribution in [0.4, 0.5) is 17.5 Å². The van der Waals surface area contributed by atoms with E-state index >= 15 is 0 Å². The van der Waals surface area contributed by atoms with Crippen LogP contribution in [-0.2, 0) is 5.54 Å². The Bertz CT molecular complexity index is 1210. The molecule has 9 nitrogen and oxygen atoms in total. The lowest BCUT2D eigenvalue weighted by atomic mass is 9.79. The summed E-state index contributed by atoms with van der Waals surface area (Å²) in [5.74, 6) is 1.28. The van der Waals surface area contributed by atoms with E-state index in [1.54, 1.807) is 0 Å². The molecule has 1 N–H and O–H groups in total. The number of amides is 1. The molecule has 3 aliphatic rings. The van der Waals surface area contributed by atoms with Gasteiger partial charge in [0, 0.05) is 51.4 Å². The first-order chi connectivity index (χ1) is 16.5. The number of carbonyl (C=O) groups is 1. The third-order valence-electron chi connectivity index (χ3n) is 7.75. The molecule has 2 fully saturated rings. The molecule has 0 radical (unpaired) electrons. The Hall–Kier alpha value is -3.20. The van der Waals surface area contributed by atoms with Crippen LogP contribution in [0.3, 0.4) is 0 Å². The third kappa shape index (κ3) is 3.58. The van der Waals surface area contributed by atoms with Gasteiger partial charge in [-0.1, -0.05) is 19.3 Å². The molecule has 34 heavy (non-hydrogen) atoms. The molecule has 1 aliphatic carbocycles. The molecule has 0 bridgehead atoms. The topological polar surface area (TPSA) is 82.4 Å². The average molecular weight is 461 g/mol. The van der Waals surface area contributed by atoms with Crippen molar-refractivity contribution >= 4 is 34.4 Å². The predicted octanol–water partition coefficient (Wildman–Crippen LogP) is 3.07. The van der Waals surface area contributed by atoms with Crippen LogP contribution in [0, 0.1) is 0 Å². The van der Waals surface area contributed by atoms with Crippen molar-refractivity contribution in [2.75, 3.05) is 57.0 Å². The summed E-state index contributed by atoms with van der Waals surface area (Å²) < 4.78 is 2.22. The van der Waals surface area contributed by atoms with Crippen LogP contribution in [-0.4, -0.2) is 82.0 Å². The van der Waals surface area contributed by atoms with Crippen molar-refractivity contribution in [3.63, 3.8) is 0 Å². The zero-order chi connectivity index (χ0) is 23.3. The van der Waals surface area contributed by atoms with Crippen molar-refractivity contribution in [3.05, 3.63) is 36.3 Å². The van der Waals surface area contributed by atoms with E-state index < -0.39 is 0 Å². The van der Waals surface area contributed by atoms with Crippen molar-refractivity contribution in [3.8, 4) is 0 Å². The Labute approximate surface area is 199 Å². The van der Waals surface area contributed by atoms with Gasteiger partial charge in [-0.25, -0.2) is 9.97 Å². The monoisotopic (exact) mass is 460 g/mol. The van der Waals surface area contributed by atoms with Crippen LogP contribution in [0.25, 0.3) is 11.0 Å². The molecule has 0 aromatic carbocycles. The van der Waals surface area contributed by atoms with Crippen LogP contribution < -0.4 is 10.2 Å². The Kier molecular flexibility index (Phi) is 5.17. The molecule has 0 unspecified atom stereocenters. The molecular formula is C25H32N8O. The number of anilines is 3. The molecule has 6 rings (SSSR count). The normalized spacial score (nSPS) is 20.7. The van der Waals surface area contributed by atoms with E-state index in [0.717, 1.165) is 68.0 Å². The lowest BCUT2D eigenvalue weighted by molar-refractivity contribution is 0.0543. The van der Waals surface area contributed by atoms with Gasteiger partial charge in [0.1, 0.15) is 17.2 Å². The number of pyridine rings is 1. The number of nitrogens with one attached hydrogen (secondary N) is 1. The smallest absolute Gasteiger partial charge is 0.270 e. The summed E-state index contributed by atoms with van der Waals surface area (Å²) in [6, 6.07) is 6.04. The van der Waals surface area contributed by atoms with Crippen molar-refractivity contribution in [1.82, 2.24) is 29.3 Å². The van der Waals surface area contributed by atoms with Gasteiger partial charge >= 0.3 is 0 Å². The molecule has 5 heterocycles. The van der Waals surface area contributed by atoms with Gasteiger partial charge in [-0.15, -0.1) is 0 Å². The highest BCUT2D eigenvalue weighted by atomic mass is 16.2. The van der Waals surface area contributed by atoms with Gasteiger partial charge in [0.25, 0.3) is 5.91 Å². The maximum absolute atomic E-state index is 13.0. The van der Waals surface area contributed by atoms with Crippen LogP contribution in [0.5, 0.6) is 0 Å². The number of hydrogen-bond donors (Lipinski definition) is 1.